The second kappa shape index (κ2) is 7.70. The molecule has 0 aliphatic heterocycles. The van der Waals surface area contributed by atoms with Gasteiger partial charge < -0.3 is 10.1 Å². The lowest BCUT2D eigenvalue weighted by Gasteiger charge is -2.11. The molecule has 0 radical (unpaired) electrons. The van der Waals surface area contributed by atoms with Crippen molar-refractivity contribution in [2.75, 3.05) is 11.9 Å². The van der Waals surface area contributed by atoms with Crippen LogP contribution >= 0.6 is 11.3 Å². The zero-order valence-corrected chi connectivity index (χ0v) is 16.1. The molecule has 0 saturated heterocycles. The fourth-order valence-electron chi connectivity index (χ4n) is 2.59. The molecule has 3 aromatic rings. The average Bonchev–Trinajstić information content (AvgIpc) is 3.22. The van der Waals surface area contributed by atoms with E-state index in [1.807, 2.05) is 52.0 Å². The summed E-state index contributed by atoms with van der Waals surface area (Å²) in [5.74, 6) is 1.34. The molecule has 0 bridgehead atoms. The summed E-state index contributed by atoms with van der Waals surface area (Å²) >= 11 is 1.38. The molecule has 1 N–H and O–H groups in total. The Kier molecular flexibility index (Phi) is 5.37. The molecule has 0 aliphatic rings. The van der Waals surface area contributed by atoms with Gasteiger partial charge in [-0.3, -0.25) is 4.79 Å². The third-order valence-corrected chi connectivity index (χ3v) is 5.02. The average molecular weight is 370 g/mol. The van der Waals surface area contributed by atoms with Crippen LogP contribution in [0.4, 0.5) is 5.82 Å². The maximum Gasteiger partial charge on any atom is 0.268 e. The molecule has 26 heavy (non-hydrogen) atoms. The van der Waals surface area contributed by atoms with Gasteiger partial charge in [0.25, 0.3) is 5.91 Å². The van der Waals surface area contributed by atoms with Crippen molar-refractivity contribution in [3.05, 3.63) is 47.1 Å². The molecule has 0 unspecified atom stereocenters. The molecular weight excluding hydrogens is 348 g/mol. The number of aryl methyl sites for hydroxylation is 1. The van der Waals surface area contributed by atoms with Gasteiger partial charge in [0.1, 0.15) is 21.5 Å². The van der Waals surface area contributed by atoms with Crippen LogP contribution in [0.5, 0.6) is 5.75 Å². The van der Waals surface area contributed by atoms with Crippen LogP contribution in [0.2, 0.25) is 0 Å². The van der Waals surface area contributed by atoms with Crippen molar-refractivity contribution in [3.8, 4) is 16.3 Å². The van der Waals surface area contributed by atoms with E-state index in [0.717, 1.165) is 16.3 Å². The summed E-state index contributed by atoms with van der Waals surface area (Å²) in [6.07, 6.45) is 1.68. The van der Waals surface area contributed by atoms with Crippen molar-refractivity contribution < 1.29 is 9.53 Å². The summed E-state index contributed by atoms with van der Waals surface area (Å²) in [4.78, 5) is 17.9. The minimum Gasteiger partial charge on any atom is -0.494 e. The first kappa shape index (κ1) is 18.1. The molecule has 0 spiro atoms. The number of nitrogens with one attached hydrogen (secondary N) is 1. The van der Waals surface area contributed by atoms with Crippen molar-refractivity contribution in [3.63, 3.8) is 0 Å². The number of aromatic nitrogens is 3. The van der Waals surface area contributed by atoms with Gasteiger partial charge in [-0.15, -0.1) is 11.3 Å². The van der Waals surface area contributed by atoms with E-state index >= 15 is 0 Å². The van der Waals surface area contributed by atoms with Gasteiger partial charge in [-0.05, 0) is 52.0 Å². The number of ether oxygens (including phenoxy) is 1. The zero-order valence-electron chi connectivity index (χ0n) is 15.3. The van der Waals surface area contributed by atoms with Crippen LogP contribution in [-0.2, 0) is 0 Å². The highest BCUT2D eigenvalue weighted by Gasteiger charge is 2.18. The van der Waals surface area contributed by atoms with E-state index < -0.39 is 0 Å². The Bertz CT molecular complexity index is 897. The van der Waals surface area contributed by atoms with Gasteiger partial charge in [0.05, 0.1) is 18.5 Å². The van der Waals surface area contributed by atoms with Crippen molar-refractivity contribution in [2.45, 2.75) is 33.7 Å². The number of thiazole rings is 1. The predicted octanol–water partition coefficient (Wildman–Crippen LogP) is 4.55. The Balaban J connectivity index is 1.81. The first-order valence-electron chi connectivity index (χ1n) is 8.55. The lowest BCUT2D eigenvalue weighted by molar-refractivity contribution is 0.102. The fraction of sp³-hybridized carbons (Fsp3) is 0.316. The number of anilines is 1. The van der Waals surface area contributed by atoms with Crippen LogP contribution in [0.25, 0.3) is 10.6 Å². The van der Waals surface area contributed by atoms with E-state index in [-0.39, 0.29) is 11.9 Å². The van der Waals surface area contributed by atoms with E-state index in [1.165, 1.54) is 11.3 Å². The van der Waals surface area contributed by atoms with Crippen LogP contribution in [0.1, 0.15) is 42.2 Å². The number of hydrogen-bond donors (Lipinski definition) is 1. The molecule has 0 fully saturated rings. The molecule has 1 amide bonds. The fourth-order valence-corrected chi connectivity index (χ4v) is 3.56. The van der Waals surface area contributed by atoms with Crippen molar-refractivity contribution in [2.24, 2.45) is 0 Å². The SMILES string of the molecule is CCOc1ccc(-c2nc(C)c(C(=O)Nc3ccnn3C(C)C)s2)cc1. The van der Waals surface area contributed by atoms with Crippen LogP contribution in [0.15, 0.2) is 36.5 Å². The molecule has 0 atom stereocenters. The topological polar surface area (TPSA) is 69.0 Å². The van der Waals surface area contributed by atoms with Gasteiger partial charge in [-0.2, -0.15) is 5.10 Å². The zero-order chi connectivity index (χ0) is 18.7. The second-order valence-electron chi connectivity index (χ2n) is 6.10. The lowest BCUT2D eigenvalue weighted by Crippen LogP contribution is -2.16. The molecule has 0 saturated carbocycles. The van der Waals surface area contributed by atoms with Gasteiger partial charge in [0.15, 0.2) is 0 Å². The van der Waals surface area contributed by atoms with E-state index in [0.29, 0.717) is 23.0 Å². The largest absolute Gasteiger partial charge is 0.494 e. The van der Waals surface area contributed by atoms with E-state index in [1.54, 1.807) is 16.9 Å². The number of benzene rings is 1. The minimum absolute atomic E-state index is 0.167. The highest BCUT2D eigenvalue weighted by Crippen LogP contribution is 2.30. The smallest absolute Gasteiger partial charge is 0.268 e. The molecule has 136 valence electrons. The normalized spacial score (nSPS) is 11.0. The van der Waals surface area contributed by atoms with Crippen LogP contribution < -0.4 is 10.1 Å². The molecule has 6 nitrogen and oxygen atoms in total. The lowest BCUT2D eigenvalue weighted by atomic mass is 10.2. The van der Waals surface area contributed by atoms with E-state index in [4.69, 9.17) is 4.74 Å². The number of carbonyl (C=O) groups excluding carboxylic acids is 1. The van der Waals surface area contributed by atoms with Gasteiger partial charge in [0, 0.05) is 17.7 Å². The monoisotopic (exact) mass is 370 g/mol. The Labute approximate surface area is 156 Å². The van der Waals surface area contributed by atoms with Gasteiger partial charge in [-0.25, -0.2) is 9.67 Å². The highest BCUT2D eigenvalue weighted by atomic mass is 32.1. The Hall–Kier alpha value is -2.67. The number of rotatable bonds is 6. The Morgan fingerprint density at radius 1 is 1.27 bits per heavy atom. The first-order valence-corrected chi connectivity index (χ1v) is 9.36. The first-order chi connectivity index (χ1) is 12.5. The maximum absolute atomic E-state index is 12.7. The highest BCUT2D eigenvalue weighted by molar-refractivity contribution is 7.17. The summed E-state index contributed by atoms with van der Waals surface area (Å²) in [5, 5.41) is 7.98. The summed E-state index contributed by atoms with van der Waals surface area (Å²) in [6, 6.07) is 9.70. The second-order valence-corrected chi connectivity index (χ2v) is 7.10. The molecule has 2 heterocycles. The van der Waals surface area contributed by atoms with Gasteiger partial charge >= 0.3 is 0 Å². The molecule has 1 aromatic carbocycles. The third kappa shape index (κ3) is 3.77. The summed E-state index contributed by atoms with van der Waals surface area (Å²) in [5.41, 5.74) is 1.68. The van der Waals surface area contributed by atoms with Crippen LogP contribution in [-0.4, -0.2) is 27.3 Å². The number of amides is 1. The Morgan fingerprint density at radius 2 is 2.00 bits per heavy atom. The number of hydrogen-bond acceptors (Lipinski definition) is 5. The quantitative estimate of drug-likeness (QED) is 0.691. The molecule has 0 aliphatic carbocycles. The van der Waals surface area contributed by atoms with Crippen LogP contribution in [0.3, 0.4) is 0 Å². The predicted molar refractivity (Wildman–Crippen MR) is 104 cm³/mol. The minimum atomic E-state index is -0.167. The Morgan fingerprint density at radius 3 is 2.65 bits per heavy atom. The van der Waals surface area contributed by atoms with E-state index in [2.05, 4.69) is 15.4 Å². The molecule has 2 aromatic heterocycles. The number of carbonyl (C=O) groups is 1. The van der Waals surface area contributed by atoms with Crippen molar-refractivity contribution >= 4 is 23.1 Å². The molecule has 7 heteroatoms. The summed E-state index contributed by atoms with van der Waals surface area (Å²) in [6.45, 7) is 8.47. The maximum atomic E-state index is 12.7. The van der Waals surface area contributed by atoms with Gasteiger partial charge in [-0.1, -0.05) is 0 Å². The summed E-state index contributed by atoms with van der Waals surface area (Å²) in [7, 11) is 0. The van der Waals surface area contributed by atoms with Gasteiger partial charge in [0.2, 0.25) is 0 Å². The molecule has 3 rings (SSSR count). The van der Waals surface area contributed by atoms with E-state index in [9.17, 15) is 4.79 Å². The van der Waals surface area contributed by atoms with Crippen molar-refractivity contribution in [1.29, 1.82) is 0 Å². The van der Waals surface area contributed by atoms with Crippen LogP contribution in [0, 0.1) is 6.92 Å². The standard InChI is InChI=1S/C19H22N4O2S/c1-5-25-15-8-6-14(7-9-15)19-21-13(4)17(26-19)18(24)22-16-10-11-20-23(16)12(2)3/h6-12H,5H2,1-4H3,(H,22,24). The third-order valence-electron chi connectivity index (χ3n) is 3.82. The number of nitrogens with zero attached hydrogens (tertiary/aromatic N) is 3. The van der Waals surface area contributed by atoms with Crippen molar-refractivity contribution in [1.82, 2.24) is 14.8 Å². The summed E-state index contributed by atoms with van der Waals surface area (Å²) < 4.78 is 7.24. The molecular formula is C19H22N4O2S.